The molecule has 8 heavy (non-hydrogen) atoms. The van der Waals surface area contributed by atoms with Crippen LogP contribution in [0.25, 0.3) is 0 Å². The fourth-order valence-electron chi connectivity index (χ4n) is 2.21. The topological polar surface area (TPSA) is 0 Å². The number of rotatable bonds is 0. The average molecular weight is 128 g/mol. The molecule has 2 rings (SSSR count). The number of fused-ring (bicyclic) bond motifs is 2. The summed E-state index contributed by atoms with van der Waals surface area (Å²) in [6.45, 7) is 0. The summed E-state index contributed by atoms with van der Waals surface area (Å²) < 4.78 is 0. The van der Waals surface area contributed by atoms with Crippen molar-refractivity contribution in [2.45, 2.75) is 30.9 Å². The van der Waals surface area contributed by atoms with E-state index in [9.17, 15) is 0 Å². The Hall–Kier alpha value is 0.350. The molecule has 0 aliphatic heterocycles. The summed E-state index contributed by atoms with van der Waals surface area (Å²) in [6.07, 6.45) is 5.88. The Morgan fingerprint density at radius 2 is 1.25 bits per heavy atom. The minimum atomic E-state index is 0.787. The van der Waals surface area contributed by atoms with E-state index >= 15 is 0 Å². The first-order valence-corrected chi connectivity index (χ1v) is 4.07. The van der Waals surface area contributed by atoms with Gasteiger partial charge in [-0.3, -0.25) is 0 Å². The van der Waals surface area contributed by atoms with Crippen molar-refractivity contribution in [2.75, 3.05) is 0 Å². The number of thiol groups is 1. The van der Waals surface area contributed by atoms with E-state index in [4.69, 9.17) is 0 Å². The third kappa shape index (κ3) is 0.540. The van der Waals surface area contributed by atoms with Gasteiger partial charge >= 0.3 is 0 Å². The van der Waals surface area contributed by atoms with E-state index in [1.807, 2.05) is 0 Å². The Morgan fingerprint density at radius 1 is 0.875 bits per heavy atom. The highest BCUT2D eigenvalue weighted by Crippen LogP contribution is 2.47. The predicted octanol–water partition coefficient (Wildman–Crippen LogP) is 2.10. The summed E-state index contributed by atoms with van der Waals surface area (Å²) in [6, 6.07) is 0. The summed E-state index contributed by atoms with van der Waals surface area (Å²) in [4.78, 5) is 0. The number of hydrogen-bond acceptors (Lipinski definition) is 1. The second-order valence-corrected chi connectivity index (χ2v) is 3.76. The highest BCUT2D eigenvalue weighted by Gasteiger charge is 2.38. The molecule has 0 N–H and O–H groups in total. The van der Waals surface area contributed by atoms with E-state index < -0.39 is 0 Å². The zero-order valence-corrected chi connectivity index (χ0v) is 5.90. The van der Waals surface area contributed by atoms with Gasteiger partial charge in [0, 0.05) is 5.25 Å². The standard InChI is InChI=1S/C7H12S/c8-7-5-1-2-6(7)4-3-5/h5-8H,1-4H2. The first kappa shape index (κ1) is 5.16. The fourth-order valence-corrected chi connectivity index (χ4v) is 2.81. The van der Waals surface area contributed by atoms with Crippen molar-refractivity contribution in [3.05, 3.63) is 0 Å². The van der Waals surface area contributed by atoms with Crippen LogP contribution in [0.2, 0.25) is 0 Å². The van der Waals surface area contributed by atoms with Gasteiger partial charge in [0.15, 0.2) is 0 Å². The maximum Gasteiger partial charge on any atom is 0.00733 e. The highest BCUT2D eigenvalue weighted by molar-refractivity contribution is 7.81. The van der Waals surface area contributed by atoms with Gasteiger partial charge in [0.05, 0.1) is 0 Å². The molecule has 0 atom stereocenters. The first-order valence-electron chi connectivity index (χ1n) is 3.56. The van der Waals surface area contributed by atoms with Crippen molar-refractivity contribution in [3.8, 4) is 0 Å². The van der Waals surface area contributed by atoms with Gasteiger partial charge in [-0.25, -0.2) is 0 Å². The summed E-state index contributed by atoms with van der Waals surface area (Å²) >= 11 is 4.54. The van der Waals surface area contributed by atoms with Crippen LogP contribution in [0.4, 0.5) is 0 Å². The minimum Gasteiger partial charge on any atom is -0.175 e. The van der Waals surface area contributed by atoms with Gasteiger partial charge in [-0.2, -0.15) is 12.6 Å². The molecule has 1 heteroatoms. The fraction of sp³-hybridized carbons (Fsp3) is 1.00. The van der Waals surface area contributed by atoms with Crippen molar-refractivity contribution >= 4 is 12.6 Å². The van der Waals surface area contributed by atoms with Gasteiger partial charge < -0.3 is 0 Å². The molecule has 2 aliphatic rings. The lowest BCUT2D eigenvalue weighted by Crippen LogP contribution is -2.02. The minimum absolute atomic E-state index is 0.787. The molecular weight excluding hydrogens is 116 g/mol. The average Bonchev–Trinajstić information content (AvgIpc) is 2.29. The molecule has 0 amide bonds. The molecule has 2 fully saturated rings. The van der Waals surface area contributed by atoms with E-state index in [2.05, 4.69) is 12.6 Å². The lowest BCUT2D eigenvalue weighted by Gasteiger charge is -2.04. The van der Waals surface area contributed by atoms with Crippen molar-refractivity contribution in [3.63, 3.8) is 0 Å². The van der Waals surface area contributed by atoms with E-state index in [0.717, 1.165) is 17.1 Å². The molecule has 0 nitrogen and oxygen atoms in total. The van der Waals surface area contributed by atoms with E-state index in [-0.39, 0.29) is 0 Å². The molecule has 0 aromatic carbocycles. The summed E-state index contributed by atoms with van der Waals surface area (Å²) in [7, 11) is 0. The molecule has 2 saturated carbocycles. The second-order valence-electron chi connectivity index (χ2n) is 3.17. The molecule has 0 radical (unpaired) electrons. The summed E-state index contributed by atoms with van der Waals surface area (Å²) in [5.74, 6) is 2.01. The van der Waals surface area contributed by atoms with E-state index in [1.54, 1.807) is 0 Å². The van der Waals surface area contributed by atoms with Crippen LogP contribution < -0.4 is 0 Å². The SMILES string of the molecule is SC1C2CCC1CC2. The van der Waals surface area contributed by atoms with Crippen LogP contribution in [0.5, 0.6) is 0 Å². The Morgan fingerprint density at radius 3 is 1.38 bits per heavy atom. The monoisotopic (exact) mass is 128 g/mol. The van der Waals surface area contributed by atoms with Crippen LogP contribution >= 0.6 is 12.6 Å². The quantitative estimate of drug-likeness (QED) is 0.475. The molecule has 0 aromatic heterocycles. The zero-order valence-electron chi connectivity index (χ0n) is 5.01. The van der Waals surface area contributed by atoms with Gasteiger partial charge in [-0.1, -0.05) is 0 Å². The number of hydrogen-bond donors (Lipinski definition) is 1. The molecule has 0 heterocycles. The van der Waals surface area contributed by atoms with E-state index in [1.165, 1.54) is 25.7 Å². The molecule has 2 bridgehead atoms. The van der Waals surface area contributed by atoms with Crippen molar-refractivity contribution < 1.29 is 0 Å². The Kier molecular flexibility index (Phi) is 1.07. The Balaban J connectivity index is 2.16. The lowest BCUT2D eigenvalue weighted by molar-refractivity contribution is 0.480. The summed E-state index contributed by atoms with van der Waals surface area (Å²) in [5.41, 5.74) is 0. The Labute approximate surface area is 56.1 Å². The van der Waals surface area contributed by atoms with Crippen molar-refractivity contribution in [2.24, 2.45) is 11.8 Å². The summed E-state index contributed by atoms with van der Waals surface area (Å²) in [5, 5.41) is 0.787. The van der Waals surface area contributed by atoms with Crippen LogP contribution in [-0.2, 0) is 0 Å². The maximum absolute atomic E-state index is 4.54. The van der Waals surface area contributed by atoms with Gasteiger partial charge in [-0.05, 0) is 37.5 Å². The Bertz CT molecular complexity index is 80.6. The largest absolute Gasteiger partial charge is 0.175 e. The van der Waals surface area contributed by atoms with Gasteiger partial charge in [-0.15, -0.1) is 0 Å². The van der Waals surface area contributed by atoms with E-state index in [0.29, 0.717) is 0 Å². The third-order valence-corrected chi connectivity index (χ3v) is 3.63. The molecule has 46 valence electrons. The zero-order chi connectivity index (χ0) is 5.56. The smallest absolute Gasteiger partial charge is 0.00733 e. The van der Waals surface area contributed by atoms with Crippen molar-refractivity contribution in [1.82, 2.24) is 0 Å². The maximum atomic E-state index is 4.54. The van der Waals surface area contributed by atoms with Crippen LogP contribution in [0.1, 0.15) is 25.7 Å². The second kappa shape index (κ2) is 1.66. The molecule has 0 saturated heterocycles. The van der Waals surface area contributed by atoms with Crippen LogP contribution in [-0.4, -0.2) is 5.25 Å². The molecule has 2 aliphatic carbocycles. The van der Waals surface area contributed by atoms with Crippen LogP contribution in [0.15, 0.2) is 0 Å². The predicted molar refractivity (Wildman–Crippen MR) is 38.2 cm³/mol. The first-order chi connectivity index (χ1) is 3.88. The lowest BCUT2D eigenvalue weighted by atomic mass is 10.0. The van der Waals surface area contributed by atoms with Crippen molar-refractivity contribution in [1.29, 1.82) is 0 Å². The normalized spacial score (nSPS) is 52.9. The van der Waals surface area contributed by atoms with Gasteiger partial charge in [0.1, 0.15) is 0 Å². The molecule has 0 unspecified atom stereocenters. The van der Waals surface area contributed by atoms with Gasteiger partial charge in [0.2, 0.25) is 0 Å². The van der Waals surface area contributed by atoms with Gasteiger partial charge in [0.25, 0.3) is 0 Å². The van der Waals surface area contributed by atoms with Crippen LogP contribution in [0, 0.1) is 11.8 Å². The third-order valence-electron chi connectivity index (χ3n) is 2.78. The molecule has 0 aromatic rings. The molecule has 0 spiro atoms. The van der Waals surface area contributed by atoms with Crippen LogP contribution in [0.3, 0.4) is 0 Å². The highest BCUT2D eigenvalue weighted by atomic mass is 32.1. The molecular formula is C7H12S.